The van der Waals surface area contributed by atoms with Gasteiger partial charge >= 0.3 is 6.03 Å². The molecule has 1 aliphatic rings. The Bertz CT molecular complexity index is 201. The number of hydrogen-bond acceptors (Lipinski definition) is 2. The summed E-state index contributed by atoms with van der Waals surface area (Å²) in [6.45, 7) is 4.59. The lowest BCUT2D eigenvalue weighted by molar-refractivity contribution is -0.125. The van der Waals surface area contributed by atoms with E-state index < -0.39 is 0 Å². The molecule has 2 N–H and O–H groups in total. The number of rotatable bonds is 2. The summed E-state index contributed by atoms with van der Waals surface area (Å²) in [6, 6.07) is -0.375. The topological polar surface area (TPSA) is 58.2 Å². The van der Waals surface area contributed by atoms with Gasteiger partial charge in [-0.25, -0.2) is 4.79 Å². The molecule has 68 valence electrons. The zero-order valence-corrected chi connectivity index (χ0v) is 7.39. The number of imide groups is 1. The van der Waals surface area contributed by atoms with Crippen molar-refractivity contribution in [1.82, 2.24) is 10.6 Å². The maximum absolute atomic E-state index is 11.2. The SMILES string of the molecule is CC(C)CC1CNC(=O)NC1=O. The van der Waals surface area contributed by atoms with Crippen LogP contribution in [0.3, 0.4) is 0 Å². The second-order valence-electron chi connectivity index (χ2n) is 3.53. The molecule has 1 rings (SSSR count). The fourth-order valence-electron chi connectivity index (χ4n) is 1.33. The highest BCUT2D eigenvalue weighted by molar-refractivity contribution is 5.97. The summed E-state index contributed by atoms with van der Waals surface area (Å²) in [5.74, 6) is 0.283. The van der Waals surface area contributed by atoms with Crippen LogP contribution in [0.2, 0.25) is 0 Å². The molecule has 1 aliphatic heterocycles. The highest BCUT2D eigenvalue weighted by Gasteiger charge is 2.26. The lowest BCUT2D eigenvalue weighted by Gasteiger charge is -2.23. The molecule has 0 aromatic rings. The Balaban J connectivity index is 2.45. The van der Waals surface area contributed by atoms with E-state index in [0.717, 1.165) is 6.42 Å². The van der Waals surface area contributed by atoms with Gasteiger partial charge in [-0.05, 0) is 12.3 Å². The van der Waals surface area contributed by atoms with Crippen molar-refractivity contribution in [3.63, 3.8) is 0 Å². The molecule has 0 aliphatic carbocycles. The van der Waals surface area contributed by atoms with Gasteiger partial charge in [0.05, 0.1) is 5.92 Å². The van der Waals surface area contributed by atoms with E-state index in [9.17, 15) is 9.59 Å². The molecular formula is C8H14N2O2. The van der Waals surface area contributed by atoms with Gasteiger partial charge in [0.25, 0.3) is 0 Å². The Morgan fingerprint density at radius 1 is 1.50 bits per heavy atom. The Labute approximate surface area is 71.7 Å². The van der Waals surface area contributed by atoms with Crippen LogP contribution in [0.5, 0.6) is 0 Å². The predicted molar refractivity (Wildman–Crippen MR) is 44.5 cm³/mol. The molecule has 4 heteroatoms. The second kappa shape index (κ2) is 3.56. The predicted octanol–water partition coefficient (Wildman–Crippen LogP) is 0.488. The maximum Gasteiger partial charge on any atom is 0.321 e. The quantitative estimate of drug-likeness (QED) is 0.633. The summed E-state index contributed by atoms with van der Waals surface area (Å²) < 4.78 is 0. The van der Waals surface area contributed by atoms with Crippen LogP contribution < -0.4 is 10.6 Å². The number of carbonyl (C=O) groups excluding carboxylic acids is 2. The third-order valence-electron chi connectivity index (χ3n) is 1.87. The van der Waals surface area contributed by atoms with Crippen LogP contribution in [-0.2, 0) is 4.79 Å². The number of urea groups is 1. The first-order valence-corrected chi connectivity index (χ1v) is 4.18. The van der Waals surface area contributed by atoms with E-state index in [0.29, 0.717) is 12.5 Å². The largest absolute Gasteiger partial charge is 0.337 e. The zero-order valence-electron chi connectivity index (χ0n) is 7.39. The van der Waals surface area contributed by atoms with Gasteiger partial charge < -0.3 is 5.32 Å². The van der Waals surface area contributed by atoms with Gasteiger partial charge in [-0.1, -0.05) is 13.8 Å². The van der Waals surface area contributed by atoms with Gasteiger partial charge in [-0.15, -0.1) is 0 Å². The van der Waals surface area contributed by atoms with E-state index in [1.54, 1.807) is 0 Å². The van der Waals surface area contributed by atoms with E-state index in [1.165, 1.54) is 0 Å². The molecule has 1 unspecified atom stereocenters. The smallest absolute Gasteiger partial charge is 0.321 e. The van der Waals surface area contributed by atoms with Crippen LogP contribution in [0.25, 0.3) is 0 Å². The zero-order chi connectivity index (χ0) is 9.14. The van der Waals surface area contributed by atoms with Crippen molar-refractivity contribution in [2.45, 2.75) is 20.3 Å². The molecule has 0 bridgehead atoms. The first kappa shape index (κ1) is 9.03. The Morgan fingerprint density at radius 3 is 2.67 bits per heavy atom. The van der Waals surface area contributed by atoms with Crippen LogP contribution in [0.1, 0.15) is 20.3 Å². The van der Waals surface area contributed by atoms with Crippen LogP contribution in [-0.4, -0.2) is 18.5 Å². The molecule has 0 radical (unpaired) electrons. The standard InChI is InChI=1S/C8H14N2O2/c1-5(2)3-6-4-9-8(12)10-7(6)11/h5-6H,3-4H2,1-2H3,(H2,9,10,11,12). The van der Waals surface area contributed by atoms with E-state index in [1.807, 2.05) is 0 Å². The average molecular weight is 170 g/mol. The molecule has 1 atom stereocenters. The van der Waals surface area contributed by atoms with Crippen molar-refractivity contribution in [3.05, 3.63) is 0 Å². The number of nitrogens with one attached hydrogen (secondary N) is 2. The Morgan fingerprint density at radius 2 is 2.17 bits per heavy atom. The molecule has 0 aromatic carbocycles. The molecular weight excluding hydrogens is 156 g/mol. The van der Waals surface area contributed by atoms with Crippen molar-refractivity contribution in [2.75, 3.05) is 6.54 Å². The summed E-state index contributed by atoms with van der Waals surface area (Å²) in [5, 5.41) is 4.84. The van der Waals surface area contributed by atoms with E-state index >= 15 is 0 Å². The van der Waals surface area contributed by atoms with Crippen LogP contribution in [0.15, 0.2) is 0 Å². The maximum atomic E-state index is 11.2. The van der Waals surface area contributed by atoms with Crippen LogP contribution in [0.4, 0.5) is 4.79 Å². The highest BCUT2D eigenvalue weighted by Crippen LogP contribution is 2.12. The van der Waals surface area contributed by atoms with Gasteiger partial charge in [0, 0.05) is 6.54 Å². The highest BCUT2D eigenvalue weighted by atomic mass is 16.2. The lowest BCUT2D eigenvalue weighted by atomic mass is 9.95. The fraction of sp³-hybridized carbons (Fsp3) is 0.750. The van der Waals surface area contributed by atoms with E-state index in [-0.39, 0.29) is 17.9 Å². The first-order chi connectivity index (χ1) is 5.59. The van der Waals surface area contributed by atoms with Crippen molar-refractivity contribution in [2.24, 2.45) is 11.8 Å². The Kier molecular flexibility index (Phi) is 2.68. The molecule has 1 saturated heterocycles. The minimum absolute atomic E-state index is 0.0531. The van der Waals surface area contributed by atoms with Gasteiger partial charge in [0.2, 0.25) is 5.91 Å². The molecule has 0 saturated carbocycles. The van der Waals surface area contributed by atoms with Gasteiger partial charge in [0.15, 0.2) is 0 Å². The van der Waals surface area contributed by atoms with E-state index in [4.69, 9.17) is 0 Å². The third-order valence-corrected chi connectivity index (χ3v) is 1.87. The summed E-state index contributed by atoms with van der Waals surface area (Å²) in [7, 11) is 0. The fourth-order valence-corrected chi connectivity index (χ4v) is 1.33. The summed E-state index contributed by atoms with van der Waals surface area (Å²) in [4.78, 5) is 21.8. The van der Waals surface area contributed by atoms with E-state index in [2.05, 4.69) is 24.5 Å². The second-order valence-corrected chi connectivity index (χ2v) is 3.53. The third kappa shape index (κ3) is 2.22. The lowest BCUT2D eigenvalue weighted by Crippen LogP contribution is -2.52. The minimum atomic E-state index is -0.375. The van der Waals surface area contributed by atoms with Crippen molar-refractivity contribution < 1.29 is 9.59 Å². The minimum Gasteiger partial charge on any atom is -0.337 e. The van der Waals surface area contributed by atoms with Crippen molar-refractivity contribution in [1.29, 1.82) is 0 Å². The molecule has 1 fully saturated rings. The van der Waals surface area contributed by atoms with Gasteiger partial charge in [-0.2, -0.15) is 0 Å². The number of hydrogen-bond donors (Lipinski definition) is 2. The number of carbonyl (C=O) groups is 2. The van der Waals surface area contributed by atoms with Crippen LogP contribution >= 0.6 is 0 Å². The molecule has 3 amide bonds. The Hall–Kier alpha value is -1.06. The van der Waals surface area contributed by atoms with Gasteiger partial charge in [-0.3, -0.25) is 10.1 Å². The monoisotopic (exact) mass is 170 g/mol. The summed E-state index contributed by atoms with van der Waals surface area (Å²) in [6.07, 6.45) is 0.826. The van der Waals surface area contributed by atoms with Crippen LogP contribution in [0, 0.1) is 11.8 Å². The average Bonchev–Trinajstić information content (AvgIpc) is 1.94. The molecule has 0 spiro atoms. The molecule has 1 heterocycles. The summed E-state index contributed by atoms with van der Waals surface area (Å²) in [5.41, 5.74) is 0. The molecule has 12 heavy (non-hydrogen) atoms. The molecule has 0 aromatic heterocycles. The molecule has 4 nitrogen and oxygen atoms in total. The first-order valence-electron chi connectivity index (χ1n) is 4.18. The number of amides is 3. The summed E-state index contributed by atoms with van der Waals surface area (Å²) >= 11 is 0. The van der Waals surface area contributed by atoms with Crippen molar-refractivity contribution >= 4 is 11.9 Å². The van der Waals surface area contributed by atoms with Crippen molar-refractivity contribution in [3.8, 4) is 0 Å². The normalized spacial score (nSPS) is 23.8. The van der Waals surface area contributed by atoms with Gasteiger partial charge in [0.1, 0.15) is 0 Å².